The van der Waals surface area contributed by atoms with Gasteiger partial charge in [-0.3, -0.25) is 9.79 Å². The van der Waals surface area contributed by atoms with Gasteiger partial charge in [-0.05, 0) is 30.4 Å². The fourth-order valence-corrected chi connectivity index (χ4v) is 3.27. The number of benzene rings is 1. The first-order valence-electron chi connectivity index (χ1n) is 9.41. The smallest absolute Gasteiger partial charge is 0.221 e. The van der Waals surface area contributed by atoms with Crippen LogP contribution in [0, 0.1) is 0 Å². The topological polar surface area (TPSA) is 56.7 Å². The molecule has 2 rings (SSSR count). The second-order valence-electron chi connectivity index (χ2n) is 6.80. The van der Waals surface area contributed by atoms with E-state index < -0.39 is 0 Å². The summed E-state index contributed by atoms with van der Waals surface area (Å²) in [5.41, 5.74) is 2.60. The number of amides is 1. The molecule has 6 heteroatoms. The number of hydrogen-bond acceptors (Lipinski definition) is 2. The first-order chi connectivity index (χ1) is 12.1. The van der Waals surface area contributed by atoms with Crippen LogP contribution in [0.15, 0.2) is 29.3 Å². The Kier molecular flexibility index (Phi) is 10.6. The van der Waals surface area contributed by atoms with Crippen LogP contribution in [0.2, 0.25) is 0 Å². The van der Waals surface area contributed by atoms with Crippen molar-refractivity contribution in [2.45, 2.75) is 58.0 Å². The van der Waals surface area contributed by atoms with E-state index in [9.17, 15) is 4.79 Å². The zero-order valence-corrected chi connectivity index (χ0v) is 18.6. The van der Waals surface area contributed by atoms with Gasteiger partial charge in [0, 0.05) is 39.6 Å². The number of carbonyl (C=O) groups excluding carboxylic acids is 1. The van der Waals surface area contributed by atoms with Gasteiger partial charge in [0.1, 0.15) is 0 Å². The third kappa shape index (κ3) is 7.51. The van der Waals surface area contributed by atoms with E-state index in [-0.39, 0.29) is 29.9 Å². The predicted molar refractivity (Wildman–Crippen MR) is 119 cm³/mol. The quantitative estimate of drug-likeness (QED) is 0.364. The van der Waals surface area contributed by atoms with Gasteiger partial charge in [-0.1, -0.05) is 44.0 Å². The highest BCUT2D eigenvalue weighted by atomic mass is 127. The van der Waals surface area contributed by atoms with E-state index in [2.05, 4.69) is 51.7 Å². The van der Waals surface area contributed by atoms with E-state index in [0.717, 1.165) is 31.8 Å². The number of nitrogens with one attached hydrogen (secondary N) is 2. The molecule has 0 aliphatic heterocycles. The number of aliphatic imine (C=N–C) groups is 1. The normalized spacial score (nSPS) is 14.7. The molecule has 1 aromatic rings. The number of carbonyl (C=O) groups is 1. The molecule has 0 saturated heterocycles. The summed E-state index contributed by atoms with van der Waals surface area (Å²) in [6.45, 7) is 3.55. The van der Waals surface area contributed by atoms with Crippen molar-refractivity contribution < 1.29 is 4.79 Å². The van der Waals surface area contributed by atoms with Crippen molar-refractivity contribution in [2.75, 3.05) is 20.6 Å². The zero-order chi connectivity index (χ0) is 18.1. The Labute approximate surface area is 175 Å². The Morgan fingerprint density at radius 2 is 1.81 bits per heavy atom. The van der Waals surface area contributed by atoms with E-state index in [1.165, 1.54) is 24.0 Å². The Morgan fingerprint density at radius 3 is 2.38 bits per heavy atom. The lowest BCUT2D eigenvalue weighted by Crippen LogP contribution is -2.41. The van der Waals surface area contributed by atoms with Crippen LogP contribution in [0.5, 0.6) is 0 Å². The first-order valence-corrected chi connectivity index (χ1v) is 9.41. The maximum Gasteiger partial charge on any atom is 0.221 e. The molecular weight excluding hydrogens is 439 g/mol. The van der Waals surface area contributed by atoms with Crippen molar-refractivity contribution in [1.29, 1.82) is 0 Å². The molecule has 2 N–H and O–H groups in total. The molecule has 1 amide bonds. The number of halogens is 1. The molecular formula is C20H33IN4O. The number of nitrogens with zero attached hydrogens (tertiary/aromatic N) is 2. The van der Waals surface area contributed by atoms with Crippen LogP contribution in [0.4, 0.5) is 0 Å². The number of rotatable bonds is 7. The molecule has 146 valence electrons. The molecule has 1 aliphatic rings. The summed E-state index contributed by atoms with van der Waals surface area (Å²) in [6.07, 6.45) is 6.26. The average molecular weight is 472 g/mol. The Bertz CT molecular complexity index is 568. The standard InChI is InChI=1S/C20H32N4O.HI/c1-4-16-9-11-17(12-10-16)15-24(3)20(21-2)22-14-13-19(25)23-18-7-5-6-8-18;/h9-12,18H,4-8,13-15H2,1-3H3,(H,21,22)(H,23,25);1H. The predicted octanol–water partition coefficient (Wildman–Crippen LogP) is 3.32. The molecule has 26 heavy (non-hydrogen) atoms. The number of hydrogen-bond donors (Lipinski definition) is 2. The van der Waals surface area contributed by atoms with Crippen LogP contribution in [-0.4, -0.2) is 43.4 Å². The van der Waals surface area contributed by atoms with Gasteiger partial charge >= 0.3 is 0 Å². The number of guanidine groups is 1. The highest BCUT2D eigenvalue weighted by molar-refractivity contribution is 14.0. The second kappa shape index (κ2) is 12.1. The summed E-state index contributed by atoms with van der Waals surface area (Å²) in [4.78, 5) is 18.4. The van der Waals surface area contributed by atoms with Crippen LogP contribution in [0.25, 0.3) is 0 Å². The van der Waals surface area contributed by atoms with E-state index in [0.29, 0.717) is 19.0 Å². The van der Waals surface area contributed by atoms with Gasteiger partial charge in [0.15, 0.2) is 5.96 Å². The molecule has 0 heterocycles. The molecule has 0 unspecified atom stereocenters. The van der Waals surface area contributed by atoms with Crippen LogP contribution in [-0.2, 0) is 17.8 Å². The summed E-state index contributed by atoms with van der Waals surface area (Å²) in [7, 11) is 3.79. The molecule has 0 aromatic heterocycles. The van der Waals surface area contributed by atoms with Crippen LogP contribution in [0.3, 0.4) is 0 Å². The fourth-order valence-electron chi connectivity index (χ4n) is 3.27. The second-order valence-corrected chi connectivity index (χ2v) is 6.80. The summed E-state index contributed by atoms with van der Waals surface area (Å²) in [5.74, 6) is 0.945. The molecule has 5 nitrogen and oxygen atoms in total. The SMILES string of the molecule is CCc1ccc(CN(C)C(=NC)NCCC(=O)NC2CCCC2)cc1.I. The Morgan fingerprint density at radius 1 is 1.19 bits per heavy atom. The van der Waals surface area contributed by atoms with Gasteiger partial charge < -0.3 is 15.5 Å². The zero-order valence-electron chi connectivity index (χ0n) is 16.3. The van der Waals surface area contributed by atoms with Crippen molar-refractivity contribution in [3.8, 4) is 0 Å². The lowest BCUT2D eigenvalue weighted by molar-refractivity contribution is -0.121. The molecule has 0 radical (unpaired) electrons. The van der Waals surface area contributed by atoms with E-state index in [1.807, 2.05) is 7.05 Å². The minimum absolute atomic E-state index is 0. The molecule has 0 spiro atoms. The molecule has 0 atom stereocenters. The van der Waals surface area contributed by atoms with E-state index >= 15 is 0 Å². The van der Waals surface area contributed by atoms with Gasteiger partial charge in [0.2, 0.25) is 5.91 Å². The van der Waals surface area contributed by atoms with Crippen molar-refractivity contribution in [3.05, 3.63) is 35.4 Å². The maximum absolute atomic E-state index is 12.0. The van der Waals surface area contributed by atoms with Gasteiger partial charge in [0.05, 0.1) is 0 Å². The molecule has 1 saturated carbocycles. The summed E-state index contributed by atoms with van der Waals surface area (Å²) < 4.78 is 0. The Hall–Kier alpha value is -1.31. The first kappa shape index (κ1) is 22.7. The largest absolute Gasteiger partial charge is 0.356 e. The minimum Gasteiger partial charge on any atom is -0.356 e. The van der Waals surface area contributed by atoms with Crippen LogP contribution >= 0.6 is 24.0 Å². The van der Waals surface area contributed by atoms with Gasteiger partial charge in [-0.2, -0.15) is 0 Å². The third-order valence-corrected chi connectivity index (χ3v) is 4.78. The summed E-state index contributed by atoms with van der Waals surface area (Å²) >= 11 is 0. The summed E-state index contributed by atoms with van der Waals surface area (Å²) in [6, 6.07) is 9.06. The van der Waals surface area contributed by atoms with Gasteiger partial charge in [0.25, 0.3) is 0 Å². The fraction of sp³-hybridized carbons (Fsp3) is 0.600. The molecule has 0 bridgehead atoms. The maximum atomic E-state index is 12.0. The van der Waals surface area contributed by atoms with Crippen molar-refractivity contribution in [1.82, 2.24) is 15.5 Å². The lowest BCUT2D eigenvalue weighted by Gasteiger charge is -2.22. The van der Waals surface area contributed by atoms with Crippen molar-refractivity contribution >= 4 is 35.8 Å². The van der Waals surface area contributed by atoms with E-state index in [4.69, 9.17) is 0 Å². The molecule has 1 fully saturated rings. The average Bonchev–Trinajstić information content (AvgIpc) is 3.12. The minimum atomic E-state index is 0. The van der Waals surface area contributed by atoms with Crippen LogP contribution < -0.4 is 10.6 Å². The van der Waals surface area contributed by atoms with Gasteiger partial charge in [-0.25, -0.2) is 0 Å². The monoisotopic (exact) mass is 472 g/mol. The number of aryl methyl sites for hydroxylation is 1. The summed E-state index contributed by atoms with van der Waals surface area (Å²) in [5, 5.41) is 6.40. The van der Waals surface area contributed by atoms with Gasteiger partial charge in [-0.15, -0.1) is 24.0 Å². The Balaban J connectivity index is 0.00000338. The molecule has 1 aromatic carbocycles. The highest BCUT2D eigenvalue weighted by Crippen LogP contribution is 2.17. The van der Waals surface area contributed by atoms with Crippen molar-refractivity contribution in [3.63, 3.8) is 0 Å². The van der Waals surface area contributed by atoms with Crippen LogP contribution in [0.1, 0.15) is 50.2 Å². The van der Waals surface area contributed by atoms with Crippen molar-refractivity contribution in [2.24, 2.45) is 4.99 Å². The highest BCUT2D eigenvalue weighted by Gasteiger charge is 2.16. The molecule has 1 aliphatic carbocycles. The lowest BCUT2D eigenvalue weighted by atomic mass is 10.1. The third-order valence-electron chi connectivity index (χ3n) is 4.78. The van der Waals surface area contributed by atoms with E-state index in [1.54, 1.807) is 7.05 Å².